The monoisotopic (exact) mass is 428 g/mol. The Labute approximate surface area is 175 Å². The van der Waals surface area contributed by atoms with Crippen molar-refractivity contribution in [1.82, 2.24) is 5.32 Å². The van der Waals surface area contributed by atoms with Gasteiger partial charge in [0, 0.05) is 10.7 Å². The van der Waals surface area contributed by atoms with Crippen molar-refractivity contribution in [2.45, 2.75) is 38.3 Å². The summed E-state index contributed by atoms with van der Waals surface area (Å²) < 4.78 is 27.3. The fourth-order valence-electron chi connectivity index (χ4n) is 3.77. The van der Waals surface area contributed by atoms with Crippen LogP contribution in [0.1, 0.15) is 40.9 Å². The van der Waals surface area contributed by atoms with E-state index >= 15 is 0 Å². The van der Waals surface area contributed by atoms with Crippen LogP contribution in [-0.2, 0) is 16.6 Å². The molecule has 0 atom stereocenters. The molecule has 7 heteroatoms. The number of thiophene rings is 1. The Morgan fingerprint density at radius 3 is 2.52 bits per heavy atom. The van der Waals surface area contributed by atoms with Gasteiger partial charge >= 0.3 is 0 Å². The third kappa shape index (κ3) is 4.62. The van der Waals surface area contributed by atoms with E-state index in [-0.39, 0.29) is 18.5 Å². The lowest BCUT2D eigenvalue weighted by molar-refractivity contribution is 0.0942. The first-order chi connectivity index (χ1) is 13.9. The Kier molecular flexibility index (Phi) is 5.61. The predicted molar refractivity (Wildman–Crippen MR) is 119 cm³/mol. The van der Waals surface area contributed by atoms with Gasteiger partial charge in [-0.1, -0.05) is 43.2 Å². The molecule has 152 valence electrons. The van der Waals surface area contributed by atoms with Crippen molar-refractivity contribution in [2.75, 3.05) is 10.6 Å². The van der Waals surface area contributed by atoms with Crippen LogP contribution in [0.2, 0.25) is 0 Å². The summed E-state index contributed by atoms with van der Waals surface area (Å²) in [4.78, 5) is 13.2. The normalized spacial score (nSPS) is 14.9. The number of hydrogen-bond donors (Lipinski definition) is 1. The number of fused-ring (bicyclic) bond motifs is 1. The molecule has 5 nitrogen and oxygen atoms in total. The Hall–Kier alpha value is -2.38. The number of anilines is 1. The van der Waals surface area contributed by atoms with Gasteiger partial charge in [-0.25, -0.2) is 8.42 Å². The van der Waals surface area contributed by atoms with Gasteiger partial charge in [0.15, 0.2) is 0 Å². The molecular formula is C22H24N2O3S2. The topological polar surface area (TPSA) is 66.5 Å². The van der Waals surface area contributed by atoms with E-state index in [1.807, 2.05) is 54.6 Å². The Balaban J connectivity index is 1.61. The second-order valence-corrected chi connectivity index (χ2v) is 10.5. The van der Waals surface area contributed by atoms with Crippen molar-refractivity contribution in [3.8, 4) is 0 Å². The first kappa shape index (κ1) is 19.9. The summed E-state index contributed by atoms with van der Waals surface area (Å²) >= 11 is 1.44. The minimum Gasteiger partial charge on any atom is -0.349 e. The maximum atomic E-state index is 12.6. The number of nitrogens with zero attached hydrogens (tertiary/aromatic N) is 1. The number of nitrogens with one attached hydrogen (secondary N) is 1. The van der Waals surface area contributed by atoms with E-state index in [1.165, 1.54) is 34.7 Å². The molecule has 0 spiro atoms. The lowest BCUT2D eigenvalue weighted by atomic mass is 10.2. The molecule has 1 aliphatic rings. The summed E-state index contributed by atoms with van der Waals surface area (Å²) in [5.41, 5.74) is 1.52. The fourth-order valence-corrected chi connectivity index (χ4v) is 5.60. The van der Waals surface area contributed by atoms with Gasteiger partial charge in [-0.15, -0.1) is 11.3 Å². The third-order valence-electron chi connectivity index (χ3n) is 5.27. The molecule has 2 aromatic carbocycles. The summed E-state index contributed by atoms with van der Waals surface area (Å²) in [7, 11) is -3.45. The highest BCUT2D eigenvalue weighted by molar-refractivity contribution is 7.92. The van der Waals surface area contributed by atoms with Crippen LogP contribution in [0, 0.1) is 0 Å². The molecule has 4 rings (SSSR count). The number of amides is 1. The number of benzene rings is 2. The van der Waals surface area contributed by atoms with Gasteiger partial charge in [-0.3, -0.25) is 9.10 Å². The van der Waals surface area contributed by atoms with E-state index in [2.05, 4.69) is 5.32 Å². The van der Waals surface area contributed by atoms with Crippen molar-refractivity contribution >= 4 is 43.0 Å². The Bertz CT molecular complexity index is 1120. The van der Waals surface area contributed by atoms with Gasteiger partial charge in [0.2, 0.25) is 10.0 Å². The van der Waals surface area contributed by atoms with Crippen LogP contribution in [0.15, 0.2) is 54.6 Å². The van der Waals surface area contributed by atoms with Crippen LogP contribution in [0.25, 0.3) is 10.1 Å². The van der Waals surface area contributed by atoms with E-state index < -0.39 is 10.0 Å². The van der Waals surface area contributed by atoms with Crippen LogP contribution in [0.3, 0.4) is 0 Å². The number of carbonyl (C=O) groups excluding carboxylic acids is 1. The van der Waals surface area contributed by atoms with E-state index in [1.54, 1.807) is 0 Å². The molecule has 0 saturated heterocycles. The number of carbonyl (C=O) groups is 1. The summed E-state index contributed by atoms with van der Waals surface area (Å²) in [6, 6.07) is 17.2. The highest BCUT2D eigenvalue weighted by atomic mass is 32.2. The Morgan fingerprint density at radius 1 is 1.10 bits per heavy atom. The molecule has 0 unspecified atom stereocenters. The van der Waals surface area contributed by atoms with Crippen LogP contribution in [0.5, 0.6) is 0 Å². The van der Waals surface area contributed by atoms with Gasteiger partial charge < -0.3 is 5.32 Å². The van der Waals surface area contributed by atoms with Crippen molar-refractivity contribution in [2.24, 2.45) is 0 Å². The van der Waals surface area contributed by atoms with Gasteiger partial charge in [0.1, 0.15) is 0 Å². The molecule has 3 aromatic rings. The van der Waals surface area contributed by atoms with Crippen LogP contribution in [-0.4, -0.2) is 26.6 Å². The number of hydrogen-bond acceptors (Lipinski definition) is 4. The van der Waals surface area contributed by atoms with Crippen LogP contribution in [0.4, 0.5) is 5.69 Å². The SMILES string of the molecule is CS(=O)(=O)N(Cc1ccccc1)c1ccc2sc(C(=O)NC3CCCC3)cc2c1. The lowest BCUT2D eigenvalue weighted by Gasteiger charge is -2.22. The summed E-state index contributed by atoms with van der Waals surface area (Å²) in [5, 5.41) is 4.00. The van der Waals surface area contributed by atoms with Crippen molar-refractivity contribution in [3.05, 3.63) is 65.0 Å². The molecule has 1 N–H and O–H groups in total. The molecule has 1 saturated carbocycles. The minimum atomic E-state index is -3.45. The molecule has 1 aliphatic carbocycles. The molecule has 1 heterocycles. The highest BCUT2D eigenvalue weighted by Crippen LogP contribution is 2.31. The molecule has 0 radical (unpaired) electrons. The zero-order valence-corrected chi connectivity index (χ0v) is 17.9. The van der Waals surface area contributed by atoms with E-state index in [9.17, 15) is 13.2 Å². The van der Waals surface area contributed by atoms with Crippen LogP contribution < -0.4 is 9.62 Å². The average Bonchev–Trinajstić information content (AvgIpc) is 3.35. The van der Waals surface area contributed by atoms with Crippen molar-refractivity contribution < 1.29 is 13.2 Å². The standard InChI is InChI=1S/C22H24N2O3S2/c1-29(26,27)24(15-16-7-3-2-4-8-16)19-11-12-20-17(13-19)14-21(28-20)22(25)23-18-9-5-6-10-18/h2-4,7-8,11-14,18H,5-6,9-10,15H2,1H3,(H,23,25). The molecule has 0 aliphatic heterocycles. The number of rotatable bonds is 6. The quantitative estimate of drug-likeness (QED) is 0.627. The molecule has 1 amide bonds. The molecule has 0 bridgehead atoms. The zero-order valence-electron chi connectivity index (χ0n) is 16.3. The maximum absolute atomic E-state index is 12.6. The van der Waals surface area contributed by atoms with E-state index in [0.717, 1.165) is 28.5 Å². The van der Waals surface area contributed by atoms with Gasteiger partial charge in [0.05, 0.1) is 23.4 Å². The van der Waals surface area contributed by atoms with Gasteiger partial charge in [0.25, 0.3) is 5.91 Å². The smallest absolute Gasteiger partial charge is 0.261 e. The molecule has 1 aromatic heterocycles. The second-order valence-electron chi connectivity index (χ2n) is 7.54. The van der Waals surface area contributed by atoms with Crippen molar-refractivity contribution in [1.29, 1.82) is 0 Å². The predicted octanol–water partition coefficient (Wildman–Crippen LogP) is 4.54. The summed E-state index contributed by atoms with van der Waals surface area (Å²) in [5.74, 6) is -0.0381. The lowest BCUT2D eigenvalue weighted by Crippen LogP contribution is -2.31. The first-order valence-corrected chi connectivity index (χ1v) is 12.4. The molecular weight excluding hydrogens is 404 g/mol. The van der Waals surface area contributed by atoms with Gasteiger partial charge in [-0.05, 0) is 48.1 Å². The summed E-state index contributed by atoms with van der Waals surface area (Å²) in [6.07, 6.45) is 5.65. The summed E-state index contributed by atoms with van der Waals surface area (Å²) in [6.45, 7) is 0.268. The minimum absolute atomic E-state index is 0.0381. The first-order valence-electron chi connectivity index (χ1n) is 9.76. The Morgan fingerprint density at radius 2 is 1.83 bits per heavy atom. The second kappa shape index (κ2) is 8.16. The fraction of sp³-hybridized carbons (Fsp3) is 0.318. The zero-order chi connectivity index (χ0) is 20.4. The average molecular weight is 429 g/mol. The maximum Gasteiger partial charge on any atom is 0.261 e. The van der Waals surface area contributed by atoms with E-state index in [4.69, 9.17) is 0 Å². The highest BCUT2D eigenvalue weighted by Gasteiger charge is 2.21. The molecule has 29 heavy (non-hydrogen) atoms. The van der Waals surface area contributed by atoms with Crippen molar-refractivity contribution in [3.63, 3.8) is 0 Å². The third-order valence-corrected chi connectivity index (χ3v) is 7.53. The number of sulfonamides is 1. The largest absolute Gasteiger partial charge is 0.349 e. The van der Waals surface area contributed by atoms with E-state index in [0.29, 0.717) is 10.6 Å². The molecule has 1 fully saturated rings. The van der Waals surface area contributed by atoms with Crippen LogP contribution >= 0.6 is 11.3 Å². The van der Waals surface area contributed by atoms with Gasteiger partial charge in [-0.2, -0.15) is 0 Å².